The molecule has 0 atom stereocenters. The van der Waals surface area contributed by atoms with Crippen LogP contribution in [0.2, 0.25) is 5.02 Å². The van der Waals surface area contributed by atoms with E-state index in [4.69, 9.17) is 20.9 Å². The van der Waals surface area contributed by atoms with Gasteiger partial charge in [-0.25, -0.2) is 4.39 Å². The number of rotatable bonds is 6. The van der Waals surface area contributed by atoms with Crippen LogP contribution < -0.4 is 10.1 Å². The van der Waals surface area contributed by atoms with Crippen molar-refractivity contribution < 1.29 is 18.4 Å². The third kappa shape index (κ3) is 4.33. The van der Waals surface area contributed by atoms with Gasteiger partial charge in [-0.1, -0.05) is 47.1 Å². The van der Waals surface area contributed by atoms with Crippen LogP contribution in [0.4, 0.5) is 4.39 Å². The van der Waals surface area contributed by atoms with E-state index in [0.29, 0.717) is 16.1 Å². The van der Waals surface area contributed by atoms with E-state index in [9.17, 15) is 9.18 Å². The number of amides is 1. The standard InChI is InChI=1S/C17H13ClFN3O3/c18-13-7-3-2-6-12(13)16-21-17(25-22-16)24-10-15(23)20-9-11-5-1-4-8-14(11)19/h1-8H,9-10H2,(H,20,23). The maximum atomic E-state index is 13.5. The molecule has 25 heavy (non-hydrogen) atoms. The van der Waals surface area contributed by atoms with Crippen molar-refractivity contribution in [3.05, 3.63) is 64.9 Å². The minimum Gasteiger partial charge on any atom is -0.439 e. The minimum atomic E-state index is -0.444. The van der Waals surface area contributed by atoms with Crippen molar-refractivity contribution in [1.29, 1.82) is 0 Å². The number of nitrogens with zero attached hydrogens (tertiary/aromatic N) is 2. The summed E-state index contributed by atoms with van der Waals surface area (Å²) >= 11 is 6.05. The molecule has 0 spiro atoms. The summed E-state index contributed by atoms with van der Waals surface area (Å²) in [7, 11) is 0. The Morgan fingerprint density at radius 3 is 2.76 bits per heavy atom. The Kier molecular flexibility index (Phi) is 5.25. The molecule has 0 aliphatic rings. The number of carbonyl (C=O) groups excluding carboxylic acids is 1. The van der Waals surface area contributed by atoms with Gasteiger partial charge in [0.1, 0.15) is 5.82 Å². The summed E-state index contributed by atoms with van der Waals surface area (Å²) in [6.07, 6.45) is -0.157. The van der Waals surface area contributed by atoms with Crippen molar-refractivity contribution in [3.8, 4) is 17.5 Å². The van der Waals surface area contributed by atoms with Gasteiger partial charge in [-0.15, -0.1) is 0 Å². The van der Waals surface area contributed by atoms with Crippen LogP contribution in [0.25, 0.3) is 11.4 Å². The van der Waals surface area contributed by atoms with Crippen LogP contribution in [0.3, 0.4) is 0 Å². The van der Waals surface area contributed by atoms with Crippen molar-refractivity contribution in [2.45, 2.75) is 6.54 Å². The fourth-order valence-electron chi connectivity index (χ4n) is 2.03. The number of aromatic nitrogens is 2. The summed E-state index contributed by atoms with van der Waals surface area (Å²) in [5, 5.41) is 6.77. The van der Waals surface area contributed by atoms with Gasteiger partial charge in [-0.05, 0) is 18.2 Å². The van der Waals surface area contributed by atoms with Crippen LogP contribution in [0.1, 0.15) is 5.56 Å². The Hall–Kier alpha value is -2.93. The number of halogens is 2. The molecule has 8 heteroatoms. The molecule has 0 aliphatic carbocycles. The monoisotopic (exact) mass is 361 g/mol. The molecule has 2 aromatic carbocycles. The van der Waals surface area contributed by atoms with E-state index in [2.05, 4.69) is 15.5 Å². The van der Waals surface area contributed by atoms with Crippen molar-refractivity contribution in [1.82, 2.24) is 15.5 Å². The van der Waals surface area contributed by atoms with Gasteiger partial charge in [0.25, 0.3) is 5.91 Å². The smallest absolute Gasteiger partial charge is 0.418 e. The van der Waals surface area contributed by atoms with Crippen molar-refractivity contribution >= 4 is 17.5 Å². The number of hydrogen-bond acceptors (Lipinski definition) is 5. The number of hydrogen-bond donors (Lipinski definition) is 1. The molecule has 1 N–H and O–H groups in total. The molecular weight excluding hydrogens is 349 g/mol. The summed E-state index contributed by atoms with van der Waals surface area (Å²) in [5.41, 5.74) is 0.974. The van der Waals surface area contributed by atoms with Gasteiger partial charge in [0.05, 0.1) is 5.02 Å². The lowest BCUT2D eigenvalue weighted by atomic mass is 10.2. The molecule has 3 rings (SSSR count). The van der Waals surface area contributed by atoms with Gasteiger partial charge >= 0.3 is 6.08 Å². The van der Waals surface area contributed by atoms with Gasteiger partial charge in [-0.3, -0.25) is 9.32 Å². The zero-order valence-electron chi connectivity index (χ0n) is 12.9. The van der Waals surface area contributed by atoms with Gasteiger partial charge in [0.2, 0.25) is 5.82 Å². The summed E-state index contributed by atoms with van der Waals surface area (Å²) in [5.74, 6) is -0.571. The van der Waals surface area contributed by atoms with E-state index >= 15 is 0 Å². The normalized spacial score (nSPS) is 10.5. The molecular formula is C17H13ClFN3O3. The lowest BCUT2D eigenvalue weighted by Crippen LogP contribution is -2.28. The Labute approximate surface area is 147 Å². The van der Waals surface area contributed by atoms with Crippen molar-refractivity contribution in [2.75, 3.05) is 6.61 Å². The molecule has 0 bridgehead atoms. The fourth-order valence-corrected chi connectivity index (χ4v) is 2.25. The van der Waals surface area contributed by atoms with E-state index in [1.54, 1.807) is 42.5 Å². The Balaban J connectivity index is 1.53. The maximum absolute atomic E-state index is 13.5. The van der Waals surface area contributed by atoms with Crippen LogP contribution in [0, 0.1) is 5.82 Å². The highest BCUT2D eigenvalue weighted by molar-refractivity contribution is 6.33. The van der Waals surface area contributed by atoms with Crippen LogP contribution in [0.15, 0.2) is 53.1 Å². The first-order chi connectivity index (χ1) is 12.1. The van der Waals surface area contributed by atoms with E-state index in [0.717, 1.165) is 0 Å². The Morgan fingerprint density at radius 1 is 1.20 bits per heavy atom. The third-order valence-corrected chi connectivity index (χ3v) is 3.61. The number of ether oxygens (including phenoxy) is 1. The molecule has 1 heterocycles. The number of carbonyl (C=O) groups is 1. The molecule has 0 saturated carbocycles. The molecule has 0 radical (unpaired) electrons. The predicted octanol–water partition coefficient (Wildman–Crippen LogP) is 3.22. The van der Waals surface area contributed by atoms with Gasteiger partial charge in [0, 0.05) is 17.7 Å². The van der Waals surface area contributed by atoms with E-state index < -0.39 is 5.91 Å². The molecule has 0 fully saturated rings. The number of benzene rings is 2. The van der Waals surface area contributed by atoms with Crippen molar-refractivity contribution in [3.63, 3.8) is 0 Å². The topological polar surface area (TPSA) is 77.2 Å². The summed E-state index contributed by atoms with van der Waals surface area (Å²) in [6.45, 7) is -0.276. The van der Waals surface area contributed by atoms with Crippen LogP contribution in [-0.4, -0.2) is 22.7 Å². The lowest BCUT2D eigenvalue weighted by molar-refractivity contribution is -0.123. The van der Waals surface area contributed by atoms with Gasteiger partial charge in [0.15, 0.2) is 6.61 Å². The highest BCUT2D eigenvalue weighted by atomic mass is 35.5. The molecule has 0 unspecified atom stereocenters. The zero-order valence-corrected chi connectivity index (χ0v) is 13.7. The molecule has 1 amide bonds. The SMILES string of the molecule is O=C(COc1nc(-c2ccccc2Cl)no1)NCc1ccccc1F. The largest absolute Gasteiger partial charge is 0.439 e. The highest BCUT2D eigenvalue weighted by Gasteiger charge is 2.13. The molecule has 0 saturated heterocycles. The van der Waals surface area contributed by atoms with Crippen LogP contribution >= 0.6 is 11.6 Å². The highest BCUT2D eigenvalue weighted by Crippen LogP contribution is 2.26. The average molecular weight is 362 g/mol. The van der Waals surface area contributed by atoms with E-state index in [-0.39, 0.29) is 30.9 Å². The summed E-state index contributed by atoms with van der Waals surface area (Å²) in [6, 6.07) is 13.2. The van der Waals surface area contributed by atoms with Crippen LogP contribution in [0.5, 0.6) is 6.08 Å². The molecule has 128 valence electrons. The second-order valence-electron chi connectivity index (χ2n) is 5.02. The van der Waals surface area contributed by atoms with Crippen LogP contribution in [-0.2, 0) is 11.3 Å². The Morgan fingerprint density at radius 2 is 1.96 bits per heavy atom. The van der Waals surface area contributed by atoms with E-state index in [1.807, 2.05) is 0 Å². The quantitative estimate of drug-likeness (QED) is 0.729. The summed E-state index contributed by atoms with van der Waals surface area (Å²) in [4.78, 5) is 15.8. The first kappa shape index (κ1) is 16.9. The lowest BCUT2D eigenvalue weighted by Gasteiger charge is -2.05. The maximum Gasteiger partial charge on any atom is 0.418 e. The molecule has 0 aliphatic heterocycles. The van der Waals surface area contributed by atoms with Gasteiger partial charge in [-0.2, -0.15) is 4.98 Å². The van der Waals surface area contributed by atoms with E-state index in [1.165, 1.54) is 6.07 Å². The summed E-state index contributed by atoms with van der Waals surface area (Å²) < 4.78 is 23.5. The zero-order chi connectivity index (χ0) is 17.6. The first-order valence-electron chi connectivity index (χ1n) is 7.35. The minimum absolute atomic E-state index is 0.0591. The van der Waals surface area contributed by atoms with Crippen molar-refractivity contribution in [2.24, 2.45) is 0 Å². The second-order valence-corrected chi connectivity index (χ2v) is 5.43. The predicted molar refractivity (Wildman–Crippen MR) is 88.5 cm³/mol. The third-order valence-electron chi connectivity index (χ3n) is 3.28. The number of nitrogens with one attached hydrogen (secondary N) is 1. The molecule has 1 aromatic heterocycles. The Bertz CT molecular complexity index is 885. The average Bonchev–Trinajstić information content (AvgIpc) is 3.08. The van der Waals surface area contributed by atoms with Gasteiger partial charge < -0.3 is 10.1 Å². The molecule has 3 aromatic rings. The first-order valence-corrected chi connectivity index (χ1v) is 7.73. The molecule has 6 nitrogen and oxygen atoms in total. The fraction of sp³-hybridized carbons (Fsp3) is 0.118. The second kappa shape index (κ2) is 7.76.